The molecule has 0 saturated heterocycles. The van der Waals surface area contributed by atoms with Crippen molar-refractivity contribution < 1.29 is 22.8 Å². The maximum atomic E-state index is 13.3. The Morgan fingerprint density at radius 2 is 1.73 bits per heavy atom. The van der Waals surface area contributed by atoms with Gasteiger partial charge in [-0.2, -0.15) is 13.2 Å². The molecular formula is C22H17F3N2O2S. The lowest BCUT2D eigenvalue weighted by Gasteiger charge is -2.39. The second kappa shape index (κ2) is 7.60. The Bertz CT molecular complexity index is 1080. The number of benzene rings is 2. The summed E-state index contributed by atoms with van der Waals surface area (Å²) in [7, 11) is 1.65. The van der Waals surface area contributed by atoms with Gasteiger partial charge in [-0.3, -0.25) is 9.59 Å². The van der Waals surface area contributed by atoms with Crippen molar-refractivity contribution in [2.24, 2.45) is 0 Å². The van der Waals surface area contributed by atoms with Crippen molar-refractivity contribution in [2.75, 3.05) is 12.4 Å². The second-order valence-electron chi connectivity index (χ2n) is 7.01. The van der Waals surface area contributed by atoms with Crippen molar-refractivity contribution in [2.45, 2.75) is 18.1 Å². The van der Waals surface area contributed by atoms with E-state index in [1.54, 1.807) is 36.2 Å². The molecule has 154 valence electrons. The van der Waals surface area contributed by atoms with Crippen molar-refractivity contribution in [3.05, 3.63) is 87.6 Å². The molecule has 0 spiro atoms. The van der Waals surface area contributed by atoms with Crippen LogP contribution in [-0.4, -0.2) is 23.8 Å². The van der Waals surface area contributed by atoms with E-state index in [0.717, 1.165) is 17.0 Å². The van der Waals surface area contributed by atoms with Crippen molar-refractivity contribution >= 4 is 28.8 Å². The van der Waals surface area contributed by atoms with Gasteiger partial charge < -0.3 is 10.2 Å². The molecule has 2 heterocycles. The highest BCUT2D eigenvalue weighted by molar-refractivity contribution is 7.10. The average Bonchev–Trinajstić information content (AvgIpc) is 3.24. The molecule has 2 atom stereocenters. The van der Waals surface area contributed by atoms with Gasteiger partial charge in [0.25, 0.3) is 5.91 Å². The van der Waals surface area contributed by atoms with E-state index in [-0.39, 0.29) is 17.5 Å². The van der Waals surface area contributed by atoms with Gasteiger partial charge in [0, 0.05) is 23.2 Å². The summed E-state index contributed by atoms with van der Waals surface area (Å²) in [5.74, 6) is -1.27. The van der Waals surface area contributed by atoms with Gasteiger partial charge in [-0.1, -0.05) is 24.3 Å². The number of hydrogen-bond acceptors (Lipinski definition) is 3. The zero-order chi connectivity index (χ0) is 21.5. The minimum atomic E-state index is -4.45. The van der Waals surface area contributed by atoms with Crippen LogP contribution in [0.15, 0.2) is 66.0 Å². The van der Waals surface area contributed by atoms with E-state index in [4.69, 9.17) is 0 Å². The predicted molar refractivity (Wildman–Crippen MR) is 108 cm³/mol. The van der Waals surface area contributed by atoms with Crippen LogP contribution in [0.2, 0.25) is 0 Å². The lowest BCUT2D eigenvalue weighted by Crippen LogP contribution is -2.43. The number of halogens is 3. The van der Waals surface area contributed by atoms with Gasteiger partial charge in [0.15, 0.2) is 0 Å². The number of carbonyl (C=O) groups is 2. The third kappa shape index (κ3) is 3.59. The minimum Gasteiger partial charge on any atom is -0.333 e. The molecule has 0 saturated carbocycles. The largest absolute Gasteiger partial charge is 0.416 e. The van der Waals surface area contributed by atoms with Crippen LogP contribution in [0.5, 0.6) is 0 Å². The first kappa shape index (κ1) is 20.2. The lowest BCUT2D eigenvalue weighted by atomic mass is 9.81. The molecule has 1 aliphatic rings. The molecule has 1 aliphatic heterocycles. The van der Waals surface area contributed by atoms with Crippen molar-refractivity contribution in [1.29, 1.82) is 0 Å². The molecule has 2 amide bonds. The summed E-state index contributed by atoms with van der Waals surface area (Å²) in [5.41, 5.74) is 0.518. The zero-order valence-corrected chi connectivity index (χ0v) is 16.6. The molecule has 0 radical (unpaired) electrons. The third-order valence-corrected chi connectivity index (χ3v) is 6.12. The molecule has 3 aromatic rings. The molecular weight excluding hydrogens is 413 g/mol. The monoisotopic (exact) mass is 430 g/mol. The van der Waals surface area contributed by atoms with E-state index in [1.165, 1.54) is 23.5 Å². The van der Waals surface area contributed by atoms with Gasteiger partial charge in [-0.05, 0) is 47.3 Å². The fraction of sp³-hybridized carbons (Fsp3) is 0.182. The number of fused-ring (bicyclic) bond motifs is 1. The van der Waals surface area contributed by atoms with Crippen LogP contribution in [-0.2, 0) is 11.0 Å². The summed E-state index contributed by atoms with van der Waals surface area (Å²) in [4.78, 5) is 28.6. The van der Waals surface area contributed by atoms with E-state index in [2.05, 4.69) is 5.32 Å². The highest BCUT2D eigenvalue weighted by Crippen LogP contribution is 2.43. The molecule has 0 fully saturated rings. The normalized spacial score (nSPS) is 18.8. The maximum absolute atomic E-state index is 13.3. The Balaban J connectivity index is 1.71. The van der Waals surface area contributed by atoms with E-state index in [9.17, 15) is 22.8 Å². The summed E-state index contributed by atoms with van der Waals surface area (Å²) >= 11 is 1.44. The quantitative estimate of drug-likeness (QED) is 0.612. The summed E-state index contributed by atoms with van der Waals surface area (Å²) < 4.78 is 38.4. The first-order chi connectivity index (χ1) is 14.3. The zero-order valence-electron chi connectivity index (χ0n) is 15.8. The minimum absolute atomic E-state index is 0.178. The number of nitrogens with one attached hydrogen (secondary N) is 1. The predicted octanol–water partition coefficient (Wildman–Crippen LogP) is 5.32. The summed E-state index contributed by atoms with van der Waals surface area (Å²) in [6.45, 7) is 0. The molecule has 1 N–H and O–H groups in total. The fourth-order valence-electron chi connectivity index (χ4n) is 3.73. The number of amides is 2. The van der Waals surface area contributed by atoms with Crippen LogP contribution >= 0.6 is 11.3 Å². The molecule has 0 aliphatic carbocycles. The van der Waals surface area contributed by atoms with E-state index >= 15 is 0 Å². The third-order valence-electron chi connectivity index (χ3n) is 5.18. The maximum Gasteiger partial charge on any atom is 0.416 e. The number of nitrogens with zero attached hydrogens (tertiary/aromatic N) is 1. The smallest absolute Gasteiger partial charge is 0.333 e. The van der Waals surface area contributed by atoms with Crippen molar-refractivity contribution in [3.8, 4) is 0 Å². The van der Waals surface area contributed by atoms with E-state index in [0.29, 0.717) is 11.1 Å². The lowest BCUT2D eigenvalue weighted by molar-refractivity contribution is -0.137. The number of likely N-dealkylation sites (N-methyl/N-ethyl adjacent to an activating group) is 1. The Morgan fingerprint density at radius 1 is 1.03 bits per heavy atom. The Morgan fingerprint density at radius 3 is 2.37 bits per heavy atom. The van der Waals surface area contributed by atoms with Crippen LogP contribution < -0.4 is 5.32 Å². The van der Waals surface area contributed by atoms with E-state index < -0.39 is 23.7 Å². The topological polar surface area (TPSA) is 49.4 Å². The molecule has 8 heteroatoms. The van der Waals surface area contributed by atoms with Crippen molar-refractivity contribution in [3.63, 3.8) is 0 Å². The number of hydrogen-bond donors (Lipinski definition) is 1. The Kier molecular flexibility index (Phi) is 5.11. The van der Waals surface area contributed by atoms with Crippen LogP contribution in [0.1, 0.15) is 38.3 Å². The fourth-order valence-corrected chi connectivity index (χ4v) is 4.64. The average molecular weight is 430 g/mol. The standard InChI is InChI=1S/C22H17F3N2O2S/c1-27-19(17-7-4-12-30-17)18(15-5-2-3-6-16(15)21(27)29)20(28)26-14-10-8-13(9-11-14)22(23,24)25/h2-12,18-19H,1H3,(H,26,28). The SMILES string of the molecule is CN1C(=O)c2ccccc2C(C(=O)Nc2ccc(C(F)(F)F)cc2)C1c1cccs1. The van der Waals surface area contributed by atoms with Gasteiger partial charge in [0.05, 0.1) is 17.5 Å². The Labute approximate surface area is 174 Å². The van der Waals surface area contributed by atoms with E-state index in [1.807, 2.05) is 17.5 Å². The van der Waals surface area contributed by atoms with Crippen LogP contribution in [0.4, 0.5) is 18.9 Å². The van der Waals surface area contributed by atoms with Gasteiger partial charge >= 0.3 is 6.18 Å². The van der Waals surface area contributed by atoms with Gasteiger partial charge in [-0.25, -0.2) is 0 Å². The van der Waals surface area contributed by atoms with Gasteiger partial charge in [0.2, 0.25) is 5.91 Å². The molecule has 2 aromatic carbocycles. The number of carbonyl (C=O) groups excluding carboxylic acids is 2. The molecule has 4 nitrogen and oxygen atoms in total. The van der Waals surface area contributed by atoms with Crippen LogP contribution in [0.3, 0.4) is 0 Å². The molecule has 2 unspecified atom stereocenters. The van der Waals surface area contributed by atoms with Gasteiger partial charge in [0.1, 0.15) is 0 Å². The Hall–Kier alpha value is -3.13. The summed E-state index contributed by atoms with van der Waals surface area (Å²) in [5, 5.41) is 4.59. The number of alkyl halides is 3. The summed E-state index contributed by atoms with van der Waals surface area (Å²) in [6.07, 6.45) is -4.45. The number of anilines is 1. The molecule has 0 bridgehead atoms. The first-order valence-electron chi connectivity index (χ1n) is 9.15. The van der Waals surface area contributed by atoms with Crippen LogP contribution in [0.25, 0.3) is 0 Å². The highest BCUT2D eigenvalue weighted by Gasteiger charge is 2.43. The van der Waals surface area contributed by atoms with Gasteiger partial charge in [-0.15, -0.1) is 11.3 Å². The molecule has 1 aromatic heterocycles. The number of thiophene rings is 1. The summed E-state index contributed by atoms with van der Waals surface area (Å²) in [6, 6.07) is 14.4. The van der Waals surface area contributed by atoms with Crippen LogP contribution in [0, 0.1) is 0 Å². The molecule has 30 heavy (non-hydrogen) atoms. The second-order valence-corrected chi connectivity index (χ2v) is 7.98. The first-order valence-corrected chi connectivity index (χ1v) is 10.0. The van der Waals surface area contributed by atoms with Crippen molar-refractivity contribution in [1.82, 2.24) is 4.90 Å². The number of rotatable bonds is 3. The molecule has 4 rings (SSSR count). The highest BCUT2D eigenvalue weighted by atomic mass is 32.1.